The normalized spacial score (nSPS) is 11.6. The van der Waals surface area contributed by atoms with Crippen LogP contribution in [0.15, 0.2) is 18.2 Å². The summed E-state index contributed by atoms with van der Waals surface area (Å²) in [6.07, 6.45) is -3.93. The smallest absolute Gasteiger partial charge is 0.411 e. The fourth-order valence-corrected chi connectivity index (χ4v) is 1.31. The largest absolute Gasteiger partial charge is 0.493 e. The Balaban J connectivity index is 2.16. The quantitative estimate of drug-likeness (QED) is 0.644. The molecule has 0 saturated carbocycles. The second kappa shape index (κ2) is 6.70. The minimum atomic E-state index is -4.29. The van der Waals surface area contributed by atoms with E-state index in [-0.39, 0.29) is 13.2 Å². The molecule has 1 aromatic rings. The van der Waals surface area contributed by atoms with Gasteiger partial charge in [-0.15, -0.1) is 0 Å². The fraction of sp³-hybridized carbons (Fsp3) is 0.455. The molecule has 0 unspecified atom stereocenters. The zero-order valence-corrected chi connectivity index (χ0v) is 10.2. The molecule has 0 amide bonds. The molecule has 0 spiro atoms. The number of anilines is 1. The number of alkyl halides is 3. The van der Waals surface area contributed by atoms with Crippen molar-refractivity contribution >= 4 is 17.3 Å². The van der Waals surface area contributed by atoms with E-state index in [4.69, 9.17) is 22.1 Å². The Morgan fingerprint density at radius 1 is 1.22 bits per heavy atom. The summed E-state index contributed by atoms with van der Waals surface area (Å²) < 4.78 is 44.9. The number of hydrogen-bond donors (Lipinski definition) is 1. The van der Waals surface area contributed by atoms with E-state index >= 15 is 0 Å². The molecule has 18 heavy (non-hydrogen) atoms. The van der Waals surface area contributed by atoms with Gasteiger partial charge in [0.2, 0.25) is 0 Å². The van der Waals surface area contributed by atoms with Gasteiger partial charge in [-0.2, -0.15) is 13.2 Å². The number of benzene rings is 1. The van der Waals surface area contributed by atoms with Gasteiger partial charge in [-0.25, -0.2) is 0 Å². The first kappa shape index (κ1) is 14.9. The maximum absolute atomic E-state index is 11.7. The van der Waals surface area contributed by atoms with Crippen LogP contribution in [0, 0.1) is 0 Å². The van der Waals surface area contributed by atoms with Crippen LogP contribution < -0.4 is 10.5 Å². The standard InChI is InChI=1S/C11H13ClF3NO2/c12-9-6-8(2-3-10(9)16)18-5-1-4-17-7-11(13,14)15/h2-3,6H,1,4-5,7,16H2. The van der Waals surface area contributed by atoms with Gasteiger partial charge in [-0.05, 0) is 12.1 Å². The molecular weight excluding hydrogens is 271 g/mol. The van der Waals surface area contributed by atoms with E-state index < -0.39 is 12.8 Å². The number of rotatable bonds is 6. The number of hydrogen-bond acceptors (Lipinski definition) is 3. The number of halogens is 4. The molecule has 0 aliphatic rings. The van der Waals surface area contributed by atoms with Crippen molar-refractivity contribution < 1.29 is 22.6 Å². The van der Waals surface area contributed by atoms with E-state index in [1.807, 2.05) is 0 Å². The Kier molecular flexibility index (Phi) is 5.55. The Morgan fingerprint density at radius 3 is 2.56 bits per heavy atom. The summed E-state index contributed by atoms with van der Waals surface area (Å²) >= 11 is 5.77. The lowest BCUT2D eigenvalue weighted by Gasteiger charge is -2.09. The van der Waals surface area contributed by atoms with Crippen molar-refractivity contribution in [2.75, 3.05) is 25.6 Å². The molecule has 0 bridgehead atoms. The first-order valence-corrected chi connectivity index (χ1v) is 5.58. The monoisotopic (exact) mass is 283 g/mol. The van der Waals surface area contributed by atoms with Crippen molar-refractivity contribution in [2.24, 2.45) is 0 Å². The first-order chi connectivity index (χ1) is 8.38. The van der Waals surface area contributed by atoms with Crippen molar-refractivity contribution in [3.8, 4) is 5.75 Å². The van der Waals surface area contributed by atoms with Crippen molar-refractivity contribution in [2.45, 2.75) is 12.6 Å². The van der Waals surface area contributed by atoms with Crippen molar-refractivity contribution in [1.29, 1.82) is 0 Å². The minimum Gasteiger partial charge on any atom is -0.493 e. The van der Waals surface area contributed by atoms with Gasteiger partial charge in [0.05, 0.1) is 23.9 Å². The molecule has 0 aliphatic heterocycles. The molecule has 0 atom stereocenters. The maximum atomic E-state index is 11.7. The van der Waals surface area contributed by atoms with Crippen LogP contribution in [0.1, 0.15) is 6.42 Å². The highest BCUT2D eigenvalue weighted by molar-refractivity contribution is 6.33. The lowest BCUT2D eigenvalue weighted by molar-refractivity contribution is -0.174. The van der Waals surface area contributed by atoms with E-state index in [2.05, 4.69) is 4.74 Å². The Morgan fingerprint density at radius 2 is 1.94 bits per heavy atom. The van der Waals surface area contributed by atoms with Crippen molar-refractivity contribution in [3.05, 3.63) is 23.2 Å². The summed E-state index contributed by atoms with van der Waals surface area (Å²) in [4.78, 5) is 0. The predicted molar refractivity (Wildman–Crippen MR) is 62.9 cm³/mol. The summed E-state index contributed by atoms with van der Waals surface area (Å²) in [5.74, 6) is 0.519. The third-order valence-corrected chi connectivity index (χ3v) is 2.27. The molecule has 1 rings (SSSR count). The van der Waals surface area contributed by atoms with Gasteiger partial charge in [0, 0.05) is 12.5 Å². The van der Waals surface area contributed by atoms with Crippen LogP contribution in [0.2, 0.25) is 5.02 Å². The molecule has 0 heterocycles. The highest BCUT2D eigenvalue weighted by Gasteiger charge is 2.27. The topological polar surface area (TPSA) is 44.5 Å². The van der Waals surface area contributed by atoms with Gasteiger partial charge >= 0.3 is 6.18 Å². The van der Waals surface area contributed by atoms with Gasteiger partial charge in [-0.1, -0.05) is 11.6 Å². The van der Waals surface area contributed by atoms with Gasteiger partial charge in [0.1, 0.15) is 12.4 Å². The maximum Gasteiger partial charge on any atom is 0.411 e. The SMILES string of the molecule is Nc1ccc(OCCCOCC(F)(F)F)cc1Cl. The average molecular weight is 284 g/mol. The van der Waals surface area contributed by atoms with E-state index in [1.165, 1.54) is 0 Å². The van der Waals surface area contributed by atoms with E-state index in [0.717, 1.165) is 0 Å². The second-order valence-corrected chi connectivity index (χ2v) is 3.96. The Labute approximate surface area is 108 Å². The molecule has 2 N–H and O–H groups in total. The van der Waals surface area contributed by atoms with Crippen LogP contribution in [-0.4, -0.2) is 26.0 Å². The number of ether oxygens (including phenoxy) is 2. The van der Waals surface area contributed by atoms with Crippen LogP contribution in [0.25, 0.3) is 0 Å². The van der Waals surface area contributed by atoms with Crippen LogP contribution in [0.3, 0.4) is 0 Å². The van der Waals surface area contributed by atoms with Crippen LogP contribution >= 0.6 is 11.6 Å². The summed E-state index contributed by atoms with van der Waals surface area (Å²) in [7, 11) is 0. The Hall–Kier alpha value is -1.14. The highest BCUT2D eigenvalue weighted by atomic mass is 35.5. The number of nitrogen functional groups attached to an aromatic ring is 1. The lowest BCUT2D eigenvalue weighted by atomic mass is 10.3. The first-order valence-electron chi connectivity index (χ1n) is 5.21. The van der Waals surface area contributed by atoms with Crippen LogP contribution in [0.5, 0.6) is 5.75 Å². The second-order valence-electron chi connectivity index (χ2n) is 3.55. The molecule has 0 saturated heterocycles. The third kappa shape index (κ3) is 5.97. The van der Waals surface area contributed by atoms with Crippen molar-refractivity contribution in [1.82, 2.24) is 0 Å². The Bertz CT molecular complexity index is 385. The van der Waals surface area contributed by atoms with E-state index in [9.17, 15) is 13.2 Å². The summed E-state index contributed by atoms with van der Waals surface area (Å²) in [6, 6.07) is 4.78. The van der Waals surface area contributed by atoms with Crippen LogP contribution in [0.4, 0.5) is 18.9 Å². The average Bonchev–Trinajstić information content (AvgIpc) is 2.26. The van der Waals surface area contributed by atoms with Gasteiger partial charge < -0.3 is 15.2 Å². The van der Waals surface area contributed by atoms with Gasteiger partial charge in [-0.3, -0.25) is 0 Å². The third-order valence-electron chi connectivity index (χ3n) is 1.94. The summed E-state index contributed by atoms with van der Waals surface area (Å²) in [6.45, 7) is -0.999. The molecule has 0 aliphatic carbocycles. The van der Waals surface area contributed by atoms with E-state index in [0.29, 0.717) is 22.9 Å². The molecule has 102 valence electrons. The lowest BCUT2D eigenvalue weighted by Crippen LogP contribution is -2.18. The minimum absolute atomic E-state index is 0.0117. The highest BCUT2D eigenvalue weighted by Crippen LogP contribution is 2.24. The molecule has 0 radical (unpaired) electrons. The molecule has 1 aromatic carbocycles. The summed E-state index contributed by atoms with van der Waals surface area (Å²) in [5, 5.41) is 0.376. The van der Waals surface area contributed by atoms with Gasteiger partial charge in [0.25, 0.3) is 0 Å². The van der Waals surface area contributed by atoms with E-state index in [1.54, 1.807) is 18.2 Å². The molecule has 3 nitrogen and oxygen atoms in total. The molecule has 0 aromatic heterocycles. The van der Waals surface area contributed by atoms with Crippen LogP contribution in [-0.2, 0) is 4.74 Å². The molecule has 0 fully saturated rings. The van der Waals surface area contributed by atoms with Gasteiger partial charge in [0.15, 0.2) is 0 Å². The zero-order valence-electron chi connectivity index (χ0n) is 9.47. The summed E-state index contributed by atoms with van der Waals surface area (Å²) in [5.41, 5.74) is 5.95. The predicted octanol–water partition coefficient (Wildman–Crippen LogP) is 3.27. The fourth-order valence-electron chi connectivity index (χ4n) is 1.14. The zero-order chi connectivity index (χ0) is 13.6. The number of nitrogens with two attached hydrogens (primary N) is 1. The molecule has 7 heteroatoms. The molecular formula is C11H13ClF3NO2. The van der Waals surface area contributed by atoms with Crippen molar-refractivity contribution in [3.63, 3.8) is 0 Å².